The van der Waals surface area contributed by atoms with Gasteiger partial charge in [-0.1, -0.05) is 6.07 Å². The van der Waals surface area contributed by atoms with Gasteiger partial charge in [-0.2, -0.15) is 4.31 Å². The molecule has 1 aromatic carbocycles. The topological polar surface area (TPSA) is 95.0 Å². The number of hydrogen-bond donors (Lipinski definition) is 1. The van der Waals surface area contributed by atoms with Crippen molar-refractivity contribution in [2.75, 3.05) is 27.7 Å². The molecule has 1 rings (SSSR count). The van der Waals surface area contributed by atoms with Crippen LogP contribution in [0.3, 0.4) is 0 Å². The van der Waals surface area contributed by atoms with Crippen LogP contribution < -0.4 is 0 Å². The lowest BCUT2D eigenvalue weighted by Crippen LogP contribution is -2.38. The van der Waals surface area contributed by atoms with Gasteiger partial charge in [0.05, 0.1) is 17.0 Å². The van der Waals surface area contributed by atoms with Gasteiger partial charge < -0.3 is 10.0 Å². The van der Waals surface area contributed by atoms with Gasteiger partial charge in [-0.3, -0.25) is 4.79 Å². The Bertz CT molecular complexity index is 667. The number of likely N-dealkylation sites (N-methyl/N-ethyl adjacent to an activating group) is 2. The van der Waals surface area contributed by atoms with Gasteiger partial charge in [0.15, 0.2) is 0 Å². The van der Waals surface area contributed by atoms with Gasteiger partial charge >= 0.3 is 5.97 Å². The van der Waals surface area contributed by atoms with Crippen LogP contribution in [0.1, 0.15) is 15.9 Å². The summed E-state index contributed by atoms with van der Waals surface area (Å²) in [6.45, 7) is 1.12. The molecule has 0 aliphatic heterocycles. The summed E-state index contributed by atoms with van der Waals surface area (Å²) in [5.74, 6) is -1.57. The molecular weight excluding hydrogens is 296 g/mol. The predicted octanol–water partition coefficient (Wildman–Crippen LogP) is 0.402. The highest BCUT2D eigenvalue weighted by molar-refractivity contribution is 7.89. The summed E-state index contributed by atoms with van der Waals surface area (Å²) in [6, 6.07) is 4.03. The molecule has 1 amide bonds. The molecule has 0 unspecified atom stereocenters. The second-order valence-corrected chi connectivity index (χ2v) is 6.80. The fraction of sp³-hybridized carbons (Fsp3) is 0.385. The fourth-order valence-corrected chi connectivity index (χ4v) is 3.07. The summed E-state index contributed by atoms with van der Waals surface area (Å²) in [5.41, 5.74) is 0.0672. The van der Waals surface area contributed by atoms with Crippen molar-refractivity contribution < 1.29 is 23.1 Å². The molecule has 0 aromatic heterocycles. The van der Waals surface area contributed by atoms with Crippen LogP contribution in [-0.4, -0.2) is 62.3 Å². The maximum absolute atomic E-state index is 12.4. The monoisotopic (exact) mass is 314 g/mol. The molecule has 0 saturated carbocycles. The van der Waals surface area contributed by atoms with E-state index in [4.69, 9.17) is 5.11 Å². The highest BCUT2D eigenvalue weighted by atomic mass is 32.2. The van der Waals surface area contributed by atoms with Crippen molar-refractivity contribution in [1.82, 2.24) is 9.21 Å². The third-order valence-electron chi connectivity index (χ3n) is 3.06. The minimum absolute atomic E-state index is 0.0802. The van der Waals surface area contributed by atoms with Gasteiger partial charge in [0, 0.05) is 21.1 Å². The van der Waals surface area contributed by atoms with E-state index in [2.05, 4.69) is 0 Å². The van der Waals surface area contributed by atoms with Crippen molar-refractivity contribution in [3.8, 4) is 0 Å². The highest BCUT2D eigenvalue weighted by Crippen LogP contribution is 2.22. The van der Waals surface area contributed by atoms with E-state index in [1.165, 1.54) is 51.2 Å². The number of aromatic carboxylic acids is 1. The van der Waals surface area contributed by atoms with Gasteiger partial charge in [-0.25, -0.2) is 13.2 Å². The lowest BCUT2D eigenvalue weighted by Gasteiger charge is -2.20. The van der Waals surface area contributed by atoms with Gasteiger partial charge in [0.2, 0.25) is 15.9 Å². The lowest BCUT2D eigenvalue weighted by atomic mass is 10.1. The summed E-state index contributed by atoms with van der Waals surface area (Å²) in [4.78, 5) is 23.9. The lowest BCUT2D eigenvalue weighted by molar-refractivity contribution is -0.128. The number of carbonyl (C=O) groups excluding carboxylic acids is 1. The molecule has 0 heterocycles. The number of rotatable bonds is 5. The summed E-state index contributed by atoms with van der Waals surface area (Å²) < 4.78 is 25.8. The molecule has 0 bridgehead atoms. The van der Waals surface area contributed by atoms with E-state index in [-0.39, 0.29) is 28.5 Å². The molecular formula is C13H18N2O5S. The van der Waals surface area contributed by atoms with Gasteiger partial charge in [0.25, 0.3) is 0 Å². The van der Waals surface area contributed by atoms with Crippen LogP contribution in [0.15, 0.2) is 23.1 Å². The van der Waals surface area contributed by atoms with E-state index < -0.39 is 16.0 Å². The van der Waals surface area contributed by atoms with Crippen LogP contribution in [0, 0.1) is 6.92 Å². The van der Waals surface area contributed by atoms with E-state index in [1.54, 1.807) is 0 Å². The van der Waals surface area contributed by atoms with Crippen molar-refractivity contribution in [2.45, 2.75) is 11.8 Å². The van der Waals surface area contributed by atoms with Crippen molar-refractivity contribution in [2.24, 2.45) is 0 Å². The van der Waals surface area contributed by atoms with Crippen LogP contribution in [0.4, 0.5) is 0 Å². The molecule has 0 fully saturated rings. The van der Waals surface area contributed by atoms with Crippen LogP contribution in [-0.2, 0) is 14.8 Å². The number of benzene rings is 1. The average Bonchev–Trinajstić information content (AvgIpc) is 2.37. The minimum atomic E-state index is -3.93. The Hall–Kier alpha value is -1.93. The van der Waals surface area contributed by atoms with E-state index in [0.29, 0.717) is 0 Å². The first-order chi connectivity index (χ1) is 9.59. The first-order valence-electron chi connectivity index (χ1n) is 6.08. The van der Waals surface area contributed by atoms with Crippen molar-refractivity contribution in [3.63, 3.8) is 0 Å². The predicted molar refractivity (Wildman–Crippen MR) is 76.6 cm³/mol. The fourth-order valence-electron chi connectivity index (χ4n) is 1.71. The standard InChI is InChI=1S/C13H18N2O5S/c1-9-10(13(17)18)6-5-7-11(9)21(19,20)15(4)8-12(16)14(2)3/h5-7H,8H2,1-4H3,(H,17,18). The molecule has 21 heavy (non-hydrogen) atoms. The smallest absolute Gasteiger partial charge is 0.335 e. The molecule has 1 N–H and O–H groups in total. The second-order valence-electron chi connectivity index (χ2n) is 4.78. The Morgan fingerprint density at radius 2 is 1.76 bits per heavy atom. The van der Waals surface area contributed by atoms with Gasteiger partial charge in [0.1, 0.15) is 0 Å². The number of sulfonamides is 1. The quantitative estimate of drug-likeness (QED) is 0.849. The van der Waals surface area contributed by atoms with Crippen LogP contribution in [0.2, 0.25) is 0 Å². The molecule has 0 atom stereocenters. The SMILES string of the molecule is Cc1c(C(=O)O)cccc1S(=O)(=O)N(C)CC(=O)N(C)C. The largest absolute Gasteiger partial charge is 0.478 e. The molecule has 0 aliphatic rings. The molecule has 0 saturated heterocycles. The molecule has 7 nitrogen and oxygen atoms in total. The third-order valence-corrected chi connectivity index (χ3v) is 5.01. The molecule has 8 heteroatoms. The molecule has 0 radical (unpaired) electrons. The summed E-state index contributed by atoms with van der Waals surface area (Å²) in [5, 5.41) is 9.04. The van der Waals surface area contributed by atoms with Crippen molar-refractivity contribution >= 4 is 21.9 Å². The zero-order valence-corrected chi connectivity index (χ0v) is 13.1. The summed E-state index contributed by atoms with van der Waals surface area (Å²) in [6.07, 6.45) is 0. The van der Waals surface area contributed by atoms with E-state index in [9.17, 15) is 18.0 Å². The van der Waals surface area contributed by atoms with Crippen molar-refractivity contribution in [3.05, 3.63) is 29.3 Å². The first kappa shape index (κ1) is 17.1. The Labute approximate surface area is 123 Å². The number of carboxylic acids is 1. The Morgan fingerprint density at radius 3 is 2.24 bits per heavy atom. The normalized spacial score (nSPS) is 11.5. The number of hydrogen-bond acceptors (Lipinski definition) is 4. The molecule has 1 aromatic rings. The zero-order chi connectivity index (χ0) is 16.4. The second kappa shape index (κ2) is 6.23. The Kier molecular flexibility index (Phi) is 5.08. The number of carboxylic acid groups (broad SMARTS) is 1. The first-order valence-corrected chi connectivity index (χ1v) is 7.52. The maximum atomic E-state index is 12.4. The van der Waals surface area contributed by atoms with Crippen LogP contribution in [0.5, 0.6) is 0 Å². The maximum Gasteiger partial charge on any atom is 0.335 e. The minimum Gasteiger partial charge on any atom is -0.478 e. The summed E-state index contributed by atoms with van der Waals surface area (Å²) in [7, 11) is 0.403. The van der Waals surface area contributed by atoms with Gasteiger partial charge in [-0.05, 0) is 24.6 Å². The number of carbonyl (C=O) groups is 2. The molecule has 116 valence electrons. The Balaban J connectivity index is 3.23. The third kappa shape index (κ3) is 3.59. The van der Waals surface area contributed by atoms with Crippen molar-refractivity contribution in [1.29, 1.82) is 0 Å². The van der Waals surface area contributed by atoms with E-state index in [1.807, 2.05) is 0 Å². The van der Waals surface area contributed by atoms with Crippen LogP contribution >= 0.6 is 0 Å². The summed E-state index contributed by atoms with van der Waals surface area (Å²) >= 11 is 0. The number of amides is 1. The zero-order valence-electron chi connectivity index (χ0n) is 12.3. The Morgan fingerprint density at radius 1 is 1.19 bits per heavy atom. The molecule has 0 aliphatic carbocycles. The van der Waals surface area contributed by atoms with E-state index >= 15 is 0 Å². The van der Waals surface area contributed by atoms with E-state index in [0.717, 1.165) is 4.31 Å². The number of nitrogens with zero attached hydrogens (tertiary/aromatic N) is 2. The highest BCUT2D eigenvalue weighted by Gasteiger charge is 2.26. The van der Waals surface area contributed by atoms with Gasteiger partial charge in [-0.15, -0.1) is 0 Å². The molecule has 0 spiro atoms. The average molecular weight is 314 g/mol. The van der Waals surface area contributed by atoms with Crippen LogP contribution in [0.25, 0.3) is 0 Å².